The third kappa shape index (κ3) is 2.17. The topological polar surface area (TPSA) is 80.5 Å². The van der Waals surface area contributed by atoms with Crippen LogP contribution in [0.2, 0.25) is 0 Å². The second-order valence-corrected chi connectivity index (χ2v) is 6.22. The zero-order valence-electron chi connectivity index (χ0n) is 10.00. The minimum Gasteiger partial charge on any atom is -0.269 e. The van der Waals surface area contributed by atoms with Gasteiger partial charge < -0.3 is 0 Å². The van der Waals surface area contributed by atoms with E-state index in [1.807, 2.05) is 0 Å². The van der Waals surface area contributed by atoms with Gasteiger partial charge in [-0.3, -0.25) is 14.4 Å². The van der Waals surface area contributed by atoms with Crippen LogP contribution in [0.1, 0.15) is 18.9 Å². The summed E-state index contributed by atoms with van der Waals surface area (Å²) in [5.41, 5.74) is 1.23. The Morgan fingerprint density at radius 3 is 2.78 bits per heavy atom. The summed E-state index contributed by atoms with van der Waals surface area (Å²) in [6, 6.07) is 4.39. The SMILES string of the molecule is CCCS(=O)(=O)N1CCc2ccc([N+](=O)[O-])cc21. The van der Waals surface area contributed by atoms with Crippen molar-refractivity contribution < 1.29 is 13.3 Å². The summed E-state index contributed by atoms with van der Waals surface area (Å²) in [6.45, 7) is 2.17. The number of fused-ring (bicyclic) bond motifs is 1. The number of hydrogen-bond acceptors (Lipinski definition) is 4. The van der Waals surface area contributed by atoms with Crippen LogP contribution in [0, 0.1) is 10.1 Å². The largest absolute Gasteiger partial charge is 0.271 e. The maximum absolute atomic E-state index is 12.0. The number of non-ortho nitro benzene ring substituents is 1. The highest BCUT2D eigenvalue weighted by molar-refractivity contribution is 7.92. The van der Waals surface area contributed by atoms with Gasteiger partial charge in [-0.25, -0.2) is 8.42 Å². The fourth-order valence-electron chi connectivity index (χ4n) is 2.11. The molecular formula is C11H14N2O4S. The van der Waals surface area contributed by atoms with E-state index < -0.39 is 14.9 Å². The van der Waals surface area contributed by atoms with Crippen molar-refractivity contribution in [3.8, 4) is 0 Å². The lowest BCUT2D eigenvalue weighted by Gasteiger charge is -2.18. The average molecular weight is 270 g/mol. The summed E-state index contributed by atoms with van der Waals surface area (Å²) < 4.78 is 25.4. The molecule has 0 saturated heterocycles. The molecule has 0 aromatic heterocycles. The molecule has 0 fully saturated rings. The fourth-order valence-corrected chi connectivity index (χ4v) is 3.68. The minimum atomic E-state index is -3.36. The van der Waals surface area contributed by atoms with E-state index in [-0.39, 0.29) is 11.4 Å². The molecule has 0 N–H and O–H groups in total. The summed E-state index contributed by atoms with van der Waals surface area (Å²) in [5, 5.41) is 10.7. The lowest BCUT2D eigenvalue weighted by molar-refractivity contribution is -0.384. The highest BCUT2D eigenvalue weighted by Gasteiger charge is 2.30. The van der Waals surface area contributed by atoms with Gasteiger partial charge in [0, 0.05) is 18.7 Å². The molecule has 0 amide bonds. The van der Waals surface area contributed by atoms with Crippen molar-refractivity contribution in [3.63, 3.8) is 0 Å². The van der Waals surface area contributed by atoms with Crippen molar-refractivity contribution in [2.24, 2.45) is 0 Å². The van der Waals surface area contributed by atoms with Crippen LogP contribution in [-0.2, 0) is 16.4 Å². The Morgan fingerprint density at radius 2 is 2.17 bits per heavy atom. The summed E-state index contributed by atoms with van der Waals surface area (Å²) in [5.74, 6) is 0.0646. The van der Waals surface area contributed by atoms with E-state index in [0.717, 1.165) is 5.56 Å². The molecule has 0 bridgehead atoms. The number of benzene rings is 1. The normalized spacial score (nSPS) is 14.6. The first kappa shape index (κ1) is 12.8. The van der Waals surface area contributed by atoms with E-state index in [0.29, 0.717) is 25.1 Å². The highest BCUT2D eigenvalue weighted by atomic mass is 32.2. The third-order valence-corrected chi connectivity index (χ3v) is 4.91. The molecule has 0 radical (unpaired) electrons. The highest BCUT2D eigenvalue weighted by Crippen LogP contribution is 2.33. The molecule has 0 aliphatic carbocycles. The van der Waals surface area contributed by atoms with Gasteiger partial charge in [-0.1, -0.05) is 13.0 Å². The summed E-state index contributed by atoms with van der Waals surface area (Å²) >= 11 is 0. The Kier molecular flexibility index (Phi) is 3.25. The van der Waals surface area contributed by atoms with Crippen LogP contribution in [-0.4, -0.2) is 25.6 Å². The molecule has 1 aromatic rings. The monoisotopic (exact) mass is 270 g/mol. The summed E-state index contributed by atoms with van der Waals surface area (Å²) in [7, 11) is -3.36. The molecule has 1 aliphatic heterocycles. The summed E-state index contributed by atoms with van der Waals surface area (Å²) in [6.07, 6.45) is 1.14. The Bertz CT molecular complexity index is 583. The predicted molar refractivity (Wildman–Crippen MR) is 68.2 cm³/mol. The number of nitro benzene ring substituents is 1. The van der Waals surface area contributed by atoms with Crippen LogP contribution >= 0.6 is 0 Å². The van der Waals surface area contributed by atoms with Crippen molar-refractivity contribution >= 4 is 21.4 Å². The van der Waals surface area contributed by atoms with Crippen LogP contribution in [0.4, 0.5) is 11.4 Å². The number of nitro groups is 1. The van der Waals surface area contributed by atoms with E-state index in [9.17, 15) is 18.5 Å². The standard InChI is InChI=1S/C11H14N2O4S/c1-2-7-18(16,17)12-6-5-9-3-4-10(13(14)15)8-11(9)12/h3-4,8H,2,5-7H2,1H3. The smallest absolute Gasteiger partial charge is 0.269 e. The van der Waals surface area contributed by atoms with Gasteiger partial charge in [-0.05, 0) is 18.4 Å². The molecule has 6 nitrogen and oxygen atoms in total. The van der Waals surface area contributed by atoms with Gasteiger partial charge in [0.15, 0.2) is 0 Å². The predicted octanol–water partition coefficient (Wildman–Crippen LogP) is 1.70. The van der Waals surface area contributed by atoms with Crippen LogP contribution in [0.3, 0.4) is 0 Å². The van der Waals surface area contributed by atoms with E-state index >= 15 is 0 Å². The molecule has 1 heterocycles. The molecule has 1 aliphatic rings. The molecule has 7 heteroatoms. The summed E-state index contributed by atoms with van der Waals surface area (Å²) in [4.78, 5) is 10.2. The van der Waals surface area contributed by atoms with Gasteiger partial charge in [0.2, 0.25) is 10.0 Å². The van der Waals surface area contributed by atoms with E-state index in [4.69, 9.17) is 0 Å². The first-order valence-corrected chi connectivity index (χ1v) is 7.34. The van der Waals surface area contributed by atoms with E-state index in [2.05, 4.69) is 0 Å². The maximum Gasteiger partial charge on any atom is 0.271 e. The third-order valence-electron chi connectivity index (χ3n) is 2.93. The van der Waals surface area contributed by atoms with Gasteiger partial charge in [0.05, 0.1) is 16.4 Å². The quantitative estimate of drug-likeness (QED) is 0.616. The van der Waals surface area contributed by atoms with E-state index in [1.165, 1.54) is 16.4 Å². The van der Waals surface area contributed by atoms with Gasteiger partial charge >= 0.3 is 0 Å². The Balaban J connectivity index is 2.43. The Morgan fingerprint density at radius 1 is 1.44 bits per heavy atom. The second-order valence-electron chi connectivity index (χ2n) is 4.21. The van der Waals surface area contributed by atoms with Gasteiger partial charge in [-0.2, -0.15) is 0 Å². The molecule has 98 valence electrons. The number of rotatable bonds is 4. The Hall–Kier alpha value is -1.63. The maximum atomic E-state index is 12.0. The van der Waals surface area contributed by atoms with Crippen LogP contribution < -0.4 is 4.31 Å². The fraction of sp³-hybridized carbons (Fsp3) is 0.455. The van der Waals surface area contributed by atoms with Crippen LogP contribution in [0.15, 0.2) is 18.2 Å². The van der Waals surface area contributed by atoms with Crippen molar-refractivity contribution in [2.75, 3.05) is 16.6 Å². The molecule has 0 spiro atoms. The molecule has 0 saturated carbocycles. The zero-order valence-corrected chi connectivity index (χ0v) is 10.8. The lowest BCUT2D eigenvalue weighted by atomic mass is 10.1. The number of sulfonamides is 1. The lowest BCUT2D eigenvalue weighted by Crippen LogP contribution is -2.31. The van der Waals surface area contributed by atoms with Crippen molar-refractivity contribution in [1.82, 2.24) is 0 Å². The number of hydrogen-bond donors (Lipinski definition) is 0. The molecule has 0 atom stereocenters. The van der Waals surface area contributed by atoms with Crippen molar-refractivity contribution in [1.29, 1.82) is 0 Å². The van der Waals surface area contributed by atoms with Gasteiger partial charge in [0.25, 0.3) is 5.69 Å². The molecule has 18 heavy (non-hydrogen) atoms. The minimum absolute atomic E-state index is 0.0646. The molecule has 0 unspecified atom stereocenters. The first-order valence-electron chi connectivity index (χ1n) is 5.73. The van der Waals surface area contributed by atoms with Crippen molar-refractivity contribution in [3.05, 3.63) is 33.9 Å². The zero-order chi connectivity index (χ0) is 13.3. The van der Waals surface area contributed by atoms with E-state index in [1.54, 1.807) is 13.0 Å². The average Bonchev–Trinajstić information content (AvgIpc) is 2.71. The second kappa shape index (κ2) is 4.56. The Labute approximate surface area is 105 Å². The number of nitrogens with zero attached hydrogens (tertiary/aromatic N) is 2. The van der Waals surface area contributed by atoms with Crippen LogP contribution in [0.5, 0.6) is 0 Å². The first-order chi connectivity index (χ1) is 8.45. The molecule has 2 rings (SSSR count). The van der Waals surface area contributed by atoms with Gasteiger partial charge in [-0.15, -0.1) is 0 Å². The van der Waals surface area contributed by atoms with Gasteiger partial charge in [0.1, 0.15) is 0 Å². The molecule has 1 aromatic carbocycles. The van der Waals surface area contributed by atoms with Crippen molar-refractivity contribution in [2.45, 2.75) is 19.8 Å². The van der Waals surface area contributed by atoms with Crippen LogP contribution in [0.25, 0.3) is 0 Å². The molecular weight excluding hydrogens is 256 g/mol. The number of anilines is 1.